The minimum atomic E-state index is -1.10. The Morgan fingerprint density at radius 3 is 2.71 bits per heavy atom. The van der Waals surface area contributed by atoms with Crippen molar-refractivity contribution in [3.8, 4) is 0 Å². The molecule has 0 saturated carbocycles. The highest BCUT2D eigenvalue weighted by molar-refractivity contribution is 9.10. The molecule has 0 bridgehead atoms. The topological polar surface area (TPSA) is 92.4 Å². The van der Waals surface area contributed by atoms with Crippen molar-refractivity contribution in [3.63, 3.8) is 0 Å². The molecule has 0 fully saturated rings. The van der Waals surface area contributed by atoms with Crippen LogP contribution in [0.4, 0.5) is 5.69 Å². The zero-order valence-corrected chi connectivity index (χ0v) is 10.8. The number of carboxylic acids is 1. The van der Waals surface area contributed by atoms with Gasteiger partial charge in [0, 0.05) is 4.47 Å². The van der Waals surface area contributed by atoms with E-state index >= 15 is 0 Å². The van der Waals surface area contributed by atoms with Gasteiger partial charge >= 0.3 is 5.97 Å². The number of hydrogen-bond acceptors (Lipinski definition) is 3. The monoisotopic (exact) mass is 300 g/mol. The third-order valence-electron chi connectivity index (χ3n) is 2.25. The van der Waals surface area contributed by atoms with Crippen LogP contribution in [0.3, 0.4) is 0 Å². The van der Waals surface area contributed by atoms with E-state index in [-0.39, 0.29) is 11.3 Å². The maximum absolute atomic E-state index is 11.6. The number of rotatable bonds is 4. The third kappa shape index (κ3) is 3.54. The lowest BCUT2D eigenvalue weighted by Crippen LogP contribution is -2.35. The first-order valence-corrected chi connectivity index (χ1v) is 5.84. The highest BCUT2D eigenvalue weighted by Crippen LogP contribution is 2.21. The van der Waals surface area contributed by atoms with Gasteiger partial charge in [-0.3, -0.25) is 4.79 Å². The Balaban J connectivity index is 3.00. The molecule has 1 aromatic carbocycles. The van der Waals surface area contributed by atoms with Crippen LogP contribution >= 0.6 is 15.9 Å². The molecule has 92 valence electrons. The Bertz CT molecular complexity index is 448. The lowest BCUT2D eigenvalue weighted by molar-refractivity contribution is -0.117. The van der Waals surface area contributed by atoms with Crippen molar-refractivity contribution < 1.29 is 14.7 Å². The third-order valence-corrected chi connectivity index (χ3v) is 2.74. The van der Waals surface area contributed by atoms with E-state index in [1.807, 2.05) is 0 Å². The number of carbonyl (C=O) groups is 2. The van der Waals surface area contributed by atoms with Crippen molar-refractivity contribution in [2.45, 2.75) is 19.4 Å². The van der Waals surface area contributed by atoms with Crippen LogP contribution in [0.25, 0.3) is 0 Å². The molecule has 0 radical (unpaired) electrons. The van der Waals surface area contributed by atoms with Crippen molar-refractivity contribution >= 4 is 33.5 Å². The first-order valence-electron chi connectivity index (χ1n) is 5.05. The number of aromatic carboxylic acids is 1. The molecule has 0 aromatic heterocycles. The molecule has 1 rings (SSSR count). The molecule has 0 saturated heterocycles. The van der Waals surface area contributed by atoms with Crippen LogP contribution in [0.5, 0.6) is 0 Å². The molecule has 1 aromatic rings. The first kappa shape index (κ1) is 13.7. The zero-order valence-electron chi connectivity index (χ0n) is 9.24. The van der Waals surface area contributed by atoms with E-state index in [0.717, 1.165) is 0 Å². The summed E-state index contributed by atoms with van der Waals surface area (Å²) in [5, 5.41) is 11.5. The number of halogens is 1. The smallest absolute Gasteiger partial charge is 0.337 e. The summed E-state index contributed by atoms with van der Waals surface area (Å²) >= 11 is 3.21. The molecule has 6 heteroatoms. The normalized spacial score (nSPS) is 11.9. The van der Waals surface area contributed by atoms with E-state index < -0.39 is 17.9 Å². The predicted octanol–water partition coefficient (Wildman–Crippen LogP) is 1.82. The second-order valence-corrected chi connectivity index (χ2v) is 4.41. The Kier molecular flexibility index (Phi) is 4.65. The summed E-state index contributed by atoms with van der Waals surface area (Å²) in [4.78, 5) is 22.5. The average molecular weight is 301 g/mol. The molecule has 5 nitrogen and oxygen atoms in total. The van der Waals surface area contributed by atoms with Crippen LogP contribution in [0.2, 0.25) is 0 Å². The summed E-state index contributed by atoms with van der Waals surface area (Å²) in [7, 11) is 0. The quantitative estimate of drug-likeness (QED) is 0.791. The molecule has 0 heterocycles. The van der Waals surface area contributed by atoms with Gasteiger partial charge in [-0.15, -0.1) is 0 Å². The maximum Gasteiger partial charge on any atom is 0.337 e. The molecule has 0 aliphatic rings. The number of amides is 1. The maximum atomic E-state index is 11.6. The molecule has 1 amide bonds. The van der Waals surface area contributed by atoms with E-state index in [0.29, 0.717) is 10.9 Å². The van der Waals surface area contributed by atoms with Crippen molar-refractivity contribution in [3.05, 3.63) is 28.2 Å². The van der Waals surface area contributed by atoms with Crippen LogP contribution in [-0.4, -0.2) is 23.0 Å². The van der Waals surface area contributed by atoms with Crippen molar-refractivity contribution in [2.75, 3.05) is 5.32 Å². The summed E-state index contributed by atoms with van der Waals surface area (Å²) in [6, 6.07) is 3.90. The summed E-state index contributed by atoms with van der Waals surface area (Å²) in [6.45, 7) is 1.78. The van der Waals surface area contributed by atoms with Crippen LogP contribution in [0.15, 0.2) is 22.7 Å². The number of anilines is 1. The largest absolute Gasteiger partial charge is 0.478 e. The minimum Gasteiger partial charge on any atom is -0.478 e. The Morgan fingerprint density at radius 1 is 1.53 bits per heavy atom. The molecule has 0 aliphatic heterocycles. The van der Waals surface area contributed by atoms with Crippen LogP contribution in [0, 0.1) is 0 Å². The Hall–Kier alpha value is -1.40. The standard InChI is InChI=1S/C11H13BrN2O3/c1-2-8(13)10(15)14-9-5-6(12)3-4-7(9)11(16)17/h3-5,8H,2,13H2,1H3,(H,14,15)(H,16,17). The van der Waals surface area contributed by atoms with E-state index in [9.17, 15) is 9.59 Å². The molecule has 0 aliphatic carbocycles. The second kappa shape index (κ2) is 5.79. The van der Waals surface area contributed by atoms with Crippen LogP contribution in [0.1, 0.15) is 23.7 Å². The molecule has 0 spiro atoms. The van der Waals surface area contributed by atoms with Gasteiger partial charge in [-0.05, 0) is 24.6 Å². The van der Waals surface area contributed by atoms with Gasteiger partial charge in [0.2, 0.25) is 5.91 Å². The van der Waals surface area contributed by atoms with Gasteiger partial charge < -0.3 is 16.2 Å². The molecule has 4 N–H and O–H groups in total. The van der Waals surface area contributed by atoms with Crippen LogP contribution < -0.4 is 11.1 Å². The van der Waals surface area contributed by atoms with E-state index in [1.165, 1.54) is 12.1 Å². The fourth-order valence-electron chi connectivity index (χ4n) is 1.22. The van der Waals surface area contributed by atoms with Crippen LogP contribution in [-0.2, 0) is 4.79 Å². The molecular weight excluding hydrogens is 288 g/mol. The van der Waals surface area contributed by atoms with E-state index in [4.69, 9.17) is 10.8 Å². The van der Waals surface area contributed by atoms with Gasteiger partial charge in [0.05, 0.1) is 17.3 Å². The summed E-state index contributed by atoms with van der Waals surface area (Å²) < 4.78 is 0.683. The van der Waals surface area contributed by atoms with Crippen molar-refractivity contribution in [2.24, 2.45) is 5.73 Å². The highest BCUT2D eigenvalue weighted by atomic mass is 79.9. The second-order valence-electron chi connectivity index (χ2n) is 3.50. The summed E-state index contributed by atoms with van der Waals surface area (Å²) in [5.41, 5.74) is 5.83. The van der Waals surface area contributed by atoms with Gasteiger partial charge in [-0.2, -0.15) is 0 Å². The summed E-state index contributed by atoms with van der Waals surface area (Å²) in [5.74, 6) is -1.49. The minimum absolute atomic E-state index is 0.0323. The fraction of sp³-hybridized carbons (Fsp3) is 0.273. The number of hydrogen-bond donors (Lipinski definition) is 3. The highest BCUT2D eigenvalue weighted by Gasteiger charge is 2.16. The van der Waals surface area contributed by atoms with Crippen molar-refractivity contribution in [1.82, 2.24) is 0 Å². The molecule has 1 unspecified atom stereocenters. The van der Waals surface area contributed by atoms with Gasteiger partial charge in [0.15, 0.2) is 0 Å². The molecule has 17 heavy (non-hydrogen) atoms. The van der Waals surface area contributed by atoms with Gasteiger partial charge in [0.25, 0.3) is 0 Å². The Morgan fingerprint density at radius 2 is 2.18 bits per heavy atom. The predicted molar refractivity (Wildman–Crippen MR) is 68.0 cm³/mol. The number of carbonyl (C=O) groups excluding carboxylic acids is 1. The SMILES string of the molecule is CCC(N)C(=O)Nc1cc(Br)ccc1C(=O)O. The van der Waals surface area contributed by atoms with Gasteiger partial charge in [-0.1, -0.05) is 22.9 Å². The molecular formula is C11H13BrN2O3. The zero-order chi connectivity index (χ0) is 13.0. The fourth-order valence-corrected chi connectivity index (χ4v) is 1.58. The van der Waals surface area contributed by atoms with Crippen molar-refractivity contribution in [1.29, 1.82) is 0 Å². The number of nitrogens with one attached hydrogen (secondary N) is 1. The van der Waals surface area contributed by atoms with Gasteiger partial charge in [0.1, 0.15) is 0 Å². The van der Waals surface area contributed by atoms with Gasteiger partial charge in [-0.25, -0.2) is 4.79 Å². The lowest BCUT2D eigenvalue weighted by atomic mass is 10.1. The average Bonchev–Trinajstić information content (AvgIpc) is 2.27. The molecule has 1 atom stereocenters. The van der Waals surface area contributed by atoms with E-state index in [2.05, 4.69) is 21.2 Å². The lowest BCUT2D eigenvalue weighted by Gasteiger charge is -2.12. The first-order chi connectivity index (χ1) is 7.95. The number of nitrogens with two attached hydrogens (primary N) is 1. The number of benzene rings is 1. The van der Waals surface area contributed by atoms with E-state index in [1.54, 1.807) is 13.0 Å². The summed E-state index contributed by atoms with van der Waals surface area (Å²) in [6.07, 6.45) is 0.488. The Labute approximate surface area is 107 Å². The number of carboxylic acid groups (broad SMARTS) is 1.